The van der Waals surface area contributed by atoms with Gasteiger partial charge in [-0.2, -0.15) is 0 Å². The Bertz CT molecular complexity index is 739. The fraction of sp³-hybridized carbons (Fsp3) is 0.231. The van der Waals surface area contributed by atoms with Crippen LogP contribution in [0.15, 0.2) is 22.7 Å². The number of halogens is 2. The van der Waals surface area contributed by atoms with Gasteiger partial charge < -0.3 is 14.7 Å². The number of nitro benzene ring substituents is 1. The minimum Gasteiger partial charge on any atom is -0.363 e. The molecule has 0 spiro atoms. The number of nitrogens with zero attached hydrogens (tertiary/aromatic N) is 3. The van der Waals surface area contributed by atoms with Crippen molar-refractivity contribution < 1.29 is 14.2 Å². The third-order valence-electron chi connectivity index (χ3n) is 2.87. The van der Waals surface area contributed by atoms with Gasteiger partial charge in [0.05, 0.1) is 27.2 Å². The summed E-state index contributed by atoms with van der Waals surface area (Å²) in [5.74, 6) is 0.489. The summed E-state index contributed by atoms with van der Waals surface area (Å²) >= 11 is 12.1. The molecule has 0 aliphatic carbocycles. The second kappa shape index (κ2) is 6.84. The highest BCUT2D eigenvalue weighted by Crippen LogP contribution is 2.36. The zero-order chi connectivity index (χ0) is 17.1. The van der Waals surface area contributed by atoms with E-state index in [1.165, 1.54) is 17.0 Å². The number of anilines is 2. The SMILES string of the molecule is Cc1cc(NC(=O)CN(C)c2c(Cl)cc([N+](=O)[O-])cc2Cl)no1. The first-order chi connectivity index (χ1) is 10.8. The lowest BCUT2D eigenvalue weighted by Crippen LogP contribution is -2.30. The molecule has 0 bridgehead atoms. The second-order valence-electron chi connectivity index (χ2n) is 4.74. The number of benzene rings is 1. The number of rotatable bonds is 5. The van der Waals surface area contributed by atoms with Gasteiger partial charge >= 0.3 is 0 Å². The van der Waals surface area contributed by atoms with Gasteiger partial charge in [0.15, 0.2) is 5.82 Å². The van der Waals surface area contributed by atoms with E-state index in [0.29, 0.717) is 17.3 Å². The van der Waals surface area contributed by atoms with E-state index >= 15 is 0 Å². The van der Waals surface area contributed by atoms with Gasteiger partial charge in [0.25, 0.3) is 5.69 Å². The normalized spacial score (nSPS) is 10.4. The standard InChI is InChI=1S/C13H12Cl2N4O4/c1-7-3-11(17-23-7)16-12(20)6-18(2)13-9(14)4-8(19(21)22)5-10(13)15/h3-5H,6H2,1-2H3,(H,16,17,20). The number of nitro groups is 1. The van der Waals surface area contributed by atoms with E-state index in [0.717, 1.165) is 0 Å². The summed E-state index contributed by atoms with van der Waals surface area (Å²) in [5.41, 5.74) is 0.102. The van der Waals surface area contributed by atoms with E-state index in [2.05, 4.69) is 10.5 Å². The van der Waals surface area contributed by atoms with Gasteiger partial charge in [-0.25, -0.2) is 0 Å². The highest BCUT2D eigenvalue weighted by atomic mass is 35.5. The second-order valence-corrected chi connectivity index (χ2v) is 5.56. The Morgan fingerprint density at radius 2 is 2.00 bits per heavy atom. The third-order valence-corrected chi connectivity index (χ3v) is 3.45. The molecule has 2 aromatic rings. The lowest BCUT2D eigenvalue weighted by Gasteiger charge is -2.20. The van der Waals surface area contributed by atoms with Gasteiger partial charge in [-0.3, -0.25) is 14.9 Å². The van der Waals surface area contributed by atoms with Gasteiger partial charge in [0, 0.05) is 25.2 Å². The average molecular weight is 359 g/mol. The summed E-state index contributed by atoms with van der Waals surface area (Å²) < 4.78 is 4.84. The predicted octanol–water partition coefficient (Wildman–Crippen LogP) is 3.27. The monoisotopic (exact) mass is 358 g/mol. The number of carbonyl (C=O) groups is 1. The minimum absolute atomic E-state index is 0.0802. The van der Waals surface area contributed by atoms with Crippen molar-refractivity contribution in [3.05, 3.63) is 44.1 Å². The van der Waals surface area contributed by atoms with Crippen LogP contribution in [-0.2, 0) is 4.79 Å². The highest BCUT2D eigenvalue weighted by molar-refractivity contribution is 6.39. The number of aromatic nitrogens is 1. The summed E-state index contributed by atoms with van der Waals surface area (Å²) in [6.07, 6.45) is 0. The molecule has 0 fully saturated rings. The molecule has 0 saturated carbocycles. The molecule has 1 aromatic heterocycles. The van der Waals surface area contributed by atoms with Crippen LogP contribution in [0.25, 0.3) is 0 Å². The van der Waals surface area contributed by atoms with Crippen LogP contribution in [0, 0.1) is 17.0 Å². The minimum atomic E-state index is -0.596. The molecule has 1 N–H and O–H groups in total. The number of carbonyl (C=O) groups excluding carboxylic acids is 1. The molecule has 0 aliphatic rings. The number of nitrogens with one attached hydrogen (secondary N) is 1. The van der Waals surface area contributed by atoms with E-state index in [1.807, 2.05) is 0 Å². The van der Waals surface area contributed by atoms with Gasteiger partial charge in [-0.15, -0.1) is 0 Å². The zero-order valence-electron chi connectivity index (χ0n) is 12.2. The number of hydrogen-bond donors (Lipinski definition) is 1. The quantitative estimate of drug-likeness (QED) is 0.649. The van der Waals surface area contributed by atoms with Gasteiger partial charge in [-0.1, -0.05) is 28.4 Å². The van der Waals surface area contributed by atoms with Crippen molar-refractivity contribution in [2.24, 2.45) is 0 Å². The first-order valence-corrected chi connectivity index (χ1v) is 7.11. The molecular formula is C13H12Cl2N4O4. The number of non-ortho nitro benzene ring substituents is 1. The van der Waals surface area contributed by atoms with Crippen molar-refractivity contribution >= 4 is 46.3 Å². The summed E-state index contributed by atoms with van der Waals surface area (Å²) in [6, 6.07) is 3.93. The van der Waals surface area contributed by atoms with Crippen molar-refractivity contribution in [2.75, 3.05) is 23.8 Å². The van der Waals surface area contributed by atoms with Crippen LogP contribution >= 0.6 is 23.2 Å². The molecular weight excluding hydrogens is 347 g/mol. The van der Waals surface area contributed by atoms with Crippen LogP contribution in [0.1, 0.15) is 5.76 Å². The Balaban J connectivity index is 2.12. The molecule has 8 nitrogen and oxygen atoms in total. The Kier molecular flexibility index (Phi) is 5.07. The molecule has 0 aliphatic heterocycles. The molecule has 10 heteroatoms. The zero-order valence-corrected chi connectivity index (χ0v) is 13.7. The first kappa shape index (κ1) is 17.0. The molecule has 122 valence electrons. The van der Waals surface area contributed by atoms with Crippen LogP contribution in [0.2, 0.25) is 10.0 Å². The number of aryl methyl sites for hydroxylation is 1. The van der Waals surface area contributed by atoms with E-state index in [-0.39, 0.29) is 28.2 Å². The highest BCUT2D eigenvalue weighted by Gasteiger charge is 2.19. The van der Waals surface area contributed by atoms with Crippen LogP contribution in [0.3, 0.4) is 0 Å². The summed E-state index contributed by atoms with van der Waals surface area (Å²) in [6.45, 7) is 1.62. The fourth-order valence-corrected chi connectivity index (χ4v) is 2.69. The molecule has 0 unspecified atom stereocenters. The molecule has 1 heterocycles. The molecule has 2 rings (SSSR count). The molecule has 0 saturated heterocycles. The summed E-state index contributed by atoms with van der Waals surface area (Å²) in [4.78, 5) is 23.6. The van der Waals surface area contributed by atoms with E-state index in [1.54, 1.807) is 20.0 Å². The maximum atomic E-state index is 12.0. The maximum absolute atomic E-state index is 12.0. The summed E-state index contributed by atoms with van der Waals surface area (Å²) in [5, 5.41) is 17.1. The number of amides is 1. The Morgan fingerprint density at radius 3 is 2.48 bits per heavy atom. The van der Waals surface area contributed by atoms with Crippen molar-refractivity contribution in [1.29, 1.82) is 0 Å². The molecule has 23 heavy (non-hydrogen) atoms. The van der Waals surface area contributed by atoms with Crippen LogP contribution < -0.4 is 10.2 Å². The maximum Gasteiger partial charge on any atom is 0.272 e. The Labute approximate surface area is 141 Å². The van der Waals surface area contributed by atoms with Crippen molar-refractivity contribution in [3.63, 3.8) is 0 Å². The molecule has 0 atom stereocenters. The van der Waals surface area contributed by atoms with Gasteiger partial charge in [0.2, 0.25) is 5.91 Å². The van der Waals surface area contributed by atoms with Crippen molar-refractivity contribution in [2.45, 2.75) is 6.92 Å². The van der Waals surface area contributed by atoms with Crippen molar-refractivity contribution in [3.8, 4) is 0 Å². The fourth-order valence-electron chi connectivity index (χ4n) is 1.92. The van der Waals surface area contributed by atoms with E-state index < -0.39 is 4.92 Å². The lowest BCUT2D eigenvalue weighted by molar-refractivity contribution is -0.384. The van der Waals surface area contributed by atoms with Crippen molar-refractivity contribution in [1.82, 2.24) is 5.16 Å². The van der Waals surface area contributed by atoms with E-state index in [4.69, 9.17) is 27.7 Å². The number of likely N-dealkylation sites (N-methyl/N-ethyl adjacent to an activating group) is 1. The predicted molar refractivity (Wildman–Crippen MR) is 86.3 cm³/mol. The first-order valence-electron chi connectivity index (χ1n) is 6.35. The molecule has 0 radical (unpaired) electrons. The smallest absolute Gasteiger partial charge is 0.272 e. The van der Waals surface area contributed by atoms with Crippen LogP contribution in [-0.4, -0.2) is 29.6 Å². The molecule has 1 amide bonds. The average Bonchev–Trinajstić information content (AvgIpc) is 2.82. The largest absolute Gasteiger partial charge is 0.363 e. The van der Waals surface area contributed by atoms with Crippen LogP contribution in [0.5, 0.6) is 0 Å². The Morgan fingerprint density at radius 1 is 1.39 bits per heavy atom. The van der Waals surface area contributed by atoms with E-state index in [9.17, 15) is 14.9 Å². The van der Waals surface area contributed by atoms with Gasteiger partial charge in [-0.05, 0) is 6.92 Å². The van der Waals surface area contributed by atoms with Gasteiger partial charge in [0.1, 0.15) is 5.76 Å². The lowest BCUT2D eigenvalue weighted by atomic mass is 10.2. The third kappa shape index (κ3) is 4.11. The number of hydrogen-bond acceptors (Lipinski definition) is 6. The topological polar surface area (TPSA) is 102 Å². The van der Waals surface area contributed by atoms with Crippen LogP contribution in [0.4, 0.5) is 17.2 Å². The Hall–Kier alpha value is -2.32. The summed E-state index contributed by atoms with van der Waals surface area (Å²) in [7, 11) is 1.59. The molecule has 1 aromatic carbocycles.